The van der Waals surface area contributed by atoms with Gasteiger partial charge in [-0.3, -0.25) is 4.79 Å². The molecule has 1 aromatic rings. The average molecular weight is 311 g/mol. The number of carbonyl (C=O) groups is 1. The molecule has 21 heavy (non-hydrogen) atoms. The Morgan fingerprint density at radius 3 is 2.67 bits per heavy atom. The van der Waals surface area contributed by atoms with Gasteiger partial charge in [-0.1, -0.05) is 18.2 Å². The van der Waals surface area contributed by atoms with Crippen molar-refractivity contribution in [3.63, 3.8) is 0 Å². The van der Waals surface area contributed by atoms with Crippen molar-refractivity contribution in [2.75, 3.05) is 18.1 Å². The highest BCUT2D eigenvalue weighted by Gasteiger charge is 2.28. The van der Waals surface area contributed by atoms with Crippen LogP contribution in [-0.2, 0) is 21.2 Å². The molecule has 1 atom stereocenters. The molecule has 7 heteroatoms. The van der Waals surface area contributed by atoms with Crippen molar-refractivity contribution < 1.29 is 13.2 Å². The van der Waals surface area contributed by atoms with E-state index >= 15 is 0 Å². The zero-order valence-corrected chi connectivity index (χ0v) is 13.3. The molecule has 3 N–H and O–H groups in total. The van der Waals surface area contributed by atoms with Gasteiger partial charge >= 0.3 is 0 Å². The summed E-state index contributed by atoms with van der Waals surface area (Å²) in [5.41, 5.74) is 1.37. The lowest BCUT2D eigenvalue weighted by atomic mass is 10.1. The van der Waals surface area contributed by atoms with E-state index in [1.54, 1.807) is 13.8 Å². The van der Waals surface area contributed by atoms with E-state index in [1.165, 1.54) is 0 Å². The van der Waals surface area contributed by atoms with Crippen LogP contribution in [0, 0.1) is 0 Å². The molecule has 1 aliphatic heterocycles. The Kier molecular flexibility index (Phi) is 4.25. The fourth-order valence-corrected chi connectivity index (χ4v) is 3.50. The number of hydrogen-bond acceptors (Lipinski definition) is 4. The molecule has 0 saturated carbocycles. The van der Waals surface area contributed by atoms with Crippen LogP contribution in [0.15, 0.2) is 24.3 Å². The Morgan fingerprint density at radius 2 is 2.05 bits per heavy atom. The predicted molar refractivity (Wildman–Crippen MR) is 82.6 cm³/mol. The number of amides is 1. The number of hydrogen-bond donors (Lipinski definition) is 3. The molecule has 0 fully saturated rings. The van der Waals surface area contributed by atoms with E-state index < -0.39 is 15.6 Å². The van der Waals surface area contributed by atoms with Crippen LogP contribution in [0.3, 0.4) is 0 Å². The summed E-state index contributed by atoms with van der Waals surface area (Å²) in [6.07, 6.45) is 1.74. The van der Waals surface area contributed by atoms with Gasteiger partial charge in [0, 0.05) is 24.2 Å². The predicted octanol–water partition coefficient (Wildman–Crippen LogP) is 0.467. The van der Waals surface area contributed by atoms with Crippen molar-refractivity contribution in [3.05, 3.63) is 29.8 Å². The van der Waals surface area contributed by atoms with E-state index in [-0.39, 0.29) is 18.5 Å². The van der Waals surface area contributed by atoms with Crippen LogP contribution in [0.2, 0.25) is 0 Å². The number of rotatable bonds is 5. The van der Waals surface area contributed by atoms with Crippen LogP contribution in [0.25, 0.3) is 0 Å². The van der Waals surface area contributed by atoms with Gasteiger partial charge < -0.3 is 10.6 Å². The van der Waals surface area contributed by atoms with Gasteiger partial charge in [0.2, 0.25) is 15.9 Å². The van der Waals surface area contributed by atoms with Crippen molar-refractivity contribution in [1.29, 1.82) is 0 Å². The van der Waals surface area contributed by atoms with Gasteiger partial charge in [0.05, 0.1) is 6.26 Å². The molecular weight excluding hydrogens is 290 g/mol. The van der Waals surface area contributed by atoms with Crippen molar-refractivity contribution in [2.45, 2.75) is 31.8 Å². The van der Waals surface area contributed by atoms with Gasteiger partial charge in [0.15, 0.2) is 0 Å². The number of fused-ring (bicyclic) bond motifs is 1. The Balaban J connectivity index is 1.89. The minimum absolute atomic E-state index is 0.130. The van der Waals surface area contributed by atoms with E-state index in [0.29, 0.717) is 6.42 Å². The molecule has 1 amide bonds. The first-order valence-corrected chi connectivity index (χ1v) is 8.66. The van der Waals surface area contributed by atoms with Crippen LogP contribution in [0.1, 0.15) is 19.4 Å². The SMILES string of the molecule is CC(C)(CNC(=O)[C@@H]1Cc2ccccc2N1)NS(C)(=O)=O. The summed E-state index contributed by atoms with van der Waals surface area (Å²) in [7, 11) is -3.31. The van der Waals surface area contributed by atoms with Crippen LogP contribution in [-0.4, -0.2) is 38.7 Å². The molecule has 0 spiro atoms. The minimum atomic E-state index is -3.31. The van der Waals surface area contributed by atoms with Crippen molar-refractivity contribution in [2.24, 2.45) is 0 Å². The molecule has 1 aliphatic rings. The quantitative estimate of drug-likeness (QED) is 0.737. The van der Waals surface area contributed by atoms with Crippen LogP contribution >= 0.6 is 0 Å². The Labute approximate surface area is 125 Å². The number of para-hydroxylation sites is 1. The number of nitrogens with one attached hydrogen (secondary N) is 3. The normalized spacial score (nSPS) is 18.0. The van der Waals surface area contributed by atoms with E-state index in [9.17, 15) is 13.2 Å². The third kappa shape index (κ3) is 4.44. The molecular formula is C14H21N3O3S. The van der Waals surface area contributed by atoms with Crippen LogP contribution < -0.4 is 15.4 Å². The second kappa shape index (κ2) is 5.65. The molecule has 6 nitrogen and oxygen atoms in total. The zero-order valence-electron chi connectivity index (χ0n) is 12.4. The number of anilines is 1. The second-order valence-electron chi connectivity index (χ2n) is 6.03. The average Bonchev–Trinajstić information content (AvgIpc) is 2.77. The highest BCUT2D eigenvalue weighted by Crippen LogP contribution is 2.25. The third-order valence-corrected chi connectivity index (χ3v) is 4.18. The van der Waals surface area contributed by atoms with Crippen LogP contribution in [0.4, 0.5) is 5.69 Å². The second-order valence-corrected chi connectivity index (χ2v) is 7.78. The maximum Gasteiger partial charge on any atom is 0.242 e. The molecule has 0 aromatic heterocycles. The summed E-state index contributed by atoms with van der Waals surface area (Å²) in [6.45, 7) is 3.68. The van der Waals surface area contributed by atoms with Crippen molar-refractivity contribution >= 4 is 21.6 Å². The summed E-state index contributed by atoms with van der Waals surface area (Å²) >= 11 is 0. The van der Waals surface area contributed by atoms with E-state index in [4.69, 9.17) is 0 Å². The fourth-order valence-electron chi connectivity index (χ4n) is 2.43. The van der Waals surface area contributed by atoms with Crippen molar-refractivity contribution in [3.8, 4) is 0 Å². The first kappa shape index (κ1) is 15.8. The topological polar surface area (TPSA) is 87.3 Å². The standard InChI is InChI=1S/C14H21N3O3S/c1-14(2,17-21(3,19)20)9-15-13(18)12-8-10-6-4-5-7-11(10)16-12/h4-7,12,16-17H,8-9H2,1-3H3,(H,15,18)/t12-/m0/s1. The van der Waals surface area contributed by atoms with Gasteiger partial charge in [0.25, 0.3) is 0 Å². The largest absolute Gasteiger partial charge is 0.373 e. The molecule has 0 radical (unpaired) electrons. The Hall–Kier alpha value is -1.60. The van der Waals surface area contributed by atoms with E-state index in [2.05, 4.69) is 15.4 Å². The summed E-state index contributed by atoms with van der Waals surface area (Å²) in [6, 6.07) is 7.49. The minimum Gasteiger partial charge on any atom is -0.373 e. The van der Waals surface area contributed by atoms with Gasteiger partial charge in [-0.2, -0.15) is 0 Å². The molecule has 0 unspecified atom stereocenters. The van der Waals surface area contributed by atoms with E-state index in [1.807, 2.05) is 24.3 Å². The summed E-state index contributed by atoms with van der Waals surface area (Å²) in [5, 5.41) is 5.96. The highest BCUT2D eigenvalue weighted by molar-refractivity contribution is 7.88. The lowest BCUT2D eigenvalue weighted by Gasteiger charge is -2.26. The number of carbonyl (C=O) groups excluding carboxylic acids is 1. The van der Waals surface area contributed by atoms with Gasteiger partial charge in [-0.15, -0.1) is 0 Å². The Morgan fingerprint density at radius 1 is 1.38 bits per heavy atom. The number of benzene rings is 1. The monoisotopic (exact) mass is 311 g/mol. The zero-order chi connectivity index (χ0) is 15.7. The molecule has 2 rings (SSSR count). The van der Waals surface area contributed by atoms with Gasteiger partial charge in [0.1, 0.15) is 6.04 Å². The molecule has 0 saturated heterocycles. The molecule has 0 bridgehead atoms. The molecule has 1 aromatic carbocycles. The maximum atomic E-state index is 12.2. The fraction of sp³-hybridized carbons (Fsp3) is 0.500. The first-order valence-electron chi connectivity index (χ1n) is 6.77. The van der Waals surface area contributed by atoms with E-state index in [0.717, 1.165) is 17.5 Å². The summed E-state index contributed by atoms with van der Waals surface area (Å²) in [5.74, 6) is -0.130. The van der Waals surface area contributed by atoms with Crippen molar-refractivity contribution in [1.82, 2.24) is 10.0 Å². The van der Waals surface area contributed by atoms with Crippen LogP contribution in [0.5, 0.6) is 0 Å². The maximum absolute atomic E-state index is 12.2. The lowest BCUT2D eigenvalue weighted by molar-refractivity contribution is -0.121. The lowest BCUT2D eigenvalue weighted by Crippen LogP contribution is -2.53. The summed E-state index contributed by atoms with van der Waals surface area (Å²) in [4.78, 5) is 12.2. The first-order chi connectivity index (χ1) is 9.66. The molecule has 1 heterocycles. The highest BCUT2D eigenvalue weighted by atomic mass is 32.2. The third-order valence-electron chi connectivity index (χ3n) is 3.25. The molecule has 0 aliphatic carbocycles. The Bertz CT molecular complexity index is 616. The molecule has 116 valence electrons. The van der Waals surface area contributed by atoms with Gasteiger partial charge in [-0.05, 0) is 25.5 Å². The number of sulfonamides is 1. The van der Waals surface area contributed by atoms with Gasteiger partial charge in [-0.25, -0.2) is 13.1 Å². The summed E-state index contributed by atoms with van der Waals surface area (Å²) < 4.78 is 25.0. The smallest absolute Gasteiger partial charge is 0.242 e.